The van der Waals surface area contributed by atoms with Crippen LogP contribution in [0.5, 0.6) is 11.5 Å². The molecule has 1 aromatic carbocycles. The van der Waals surface area contributed by atoms with Crippen molar-refractivity contribution in [2.45, 2.75) is 32.7 Å². The van der Waals surface area contributed by atoms with Crippen LogP contribution in [0.15, 0.2) is 18.2 Å². The fourth-order valence-electron chi connectivity index (χ4n) is 1.78. The average Bonchev–Trinajstić information content (AvgIpc) is 2.47. The highest BCUT2D eigenvalue weighted by Crippen LogP contribution is 2.30. The minimum absolute atomic E-state index is 0.0142. The second kappa shape index (κ2) is 8.43. The molecule has 0 saturated carbocycles. The van der Waals surface area contributed by atoms with Gasteiger partial charge < -0.3 is 20.5 Å². The van der Waals surface area contributed by atoms with E-state index in [4.69, 9.17) is 15.2 Å². The highest BCUT2D eigenvalue weighted by molar-refractivity contribution is 5.78. The predicted octanol–water partition coefficient (Wildman–Crippen LogP) is 2.01. The van der Waals surface area contributed by atoms with Crippen molar-refractivity contribution in [2.24, 2.45) is 5.73 Å². The third-order valence-electron chi connectivity index (χ3n) is 3.01. The minimum atomic E-state index is -0.181. The highest BCUT2D eigenvalue weighted by atomic mass is 16.5. The number of carbonyl (C=O) groups excluding carboxylic acids is 1. The molecule has 20 heavy (non-hydrogen) atoms. The van der Waals surface area contributed by atoms with Crippen molar-refractivity contribution in [3.05, 3.63) is 23.8 Å². The summed E-state index contributed by atoms with van der Waals surface area (Å²) in [7, 11) is 1.61. The fourth-order valence-corrected chi connectivity index (χ4v) is 1.78. The lowest BCUT2D eigenvalue weighted by Gasteiger charge is -2.17. The van der Waals surface area contributed by atoms with Gasteiger partial charge in [0, 0.05) is 0 Å². The molecule has 1 atom stereocenters. The number of ether oxygens (including phenoxy) is 2. The van der Waals surface area contributed by atoms with E-state index >= 15 is 0 Å². The van der Waals surface area contributed by atoms with Crippen LogP contribution in [0.1, 0.15) is 38.3 Å². The van der Waals surface area contributed by atoms with Crippen LogP contribution < -0.4 is 20.5 Å². The first-order chi connectivity index (χ1) is 9.62. The Labute approximate surface area is 120 Å². The van der Waals surface area contributed by atoms with Gasteiger partial charge in [-0.05, 0) is 31.0 Å². The van der Waals surface area contributed by atoms with E-state index in [-0.39, 0.29) is 18.5 Å². The average molecular weight is 280 g/mol. The summed E-state index contributed by atoms with van der Waals surface area (Å²) in [5, 5.41) is 2.81. The van der Waals surface area contributed by atoms with Gasteiger partial charge in [-0.3, -0.25) is 4.79 Å². The second-order valence-corrected chi connectivity index (χ2v) is 4.61. The number of amides is 1. The zero-order valence-electron chi connectivity index (χ0n) is 12.4. The summed E-state index contributed by atoms with van der Waals surface area (Å²) in [6.45, 7) is 4.68. The molecular weight excluding hydrogens is 256 g/mol. The predicted molar refractivity (Wildman–Crippen MR) is 79.0 cm³/mol. The Bertz CT molecular complexity index is 435. The lowest BCUT2D eigenvalue weighted by Crippen LogP contribution is -2.32. The first-order valence-corrected chi connectivity index (χ1v) is 6.92. The highest BCUT2D eigenvalue weighted by Gasteiger charge is 2.12. The molecule has 5 nitrogen and oxygen atoms in total. The van der Waals surface area contributed by atoms with Crippen molar-refractivity contribution in [2.75, 3.05) is 20.3 Å². The molecule has 1 unspecified atom stereocenters. The molecule has 0 spiro atoms. The Morgan fingerprint density at radius 2 is 2.15 bits per heavy atom. The van der Waals surface area contributed by atoms with Crippen LogP contribution in [0.2, 0.25) is 0 Å². The SMILES string of the molecule is CCCCOc1ccc(C(C)NC(=O)CN)cc1OC. The van der Waals surface area contributed by atoms with Crippen LogP contribution in [0, 0.1) is 0 Å². The van der Waals surface area contributed by atoms with Crippen LogP contribution in [-0.2, 0) is 4.79 Å². The number of hydrogen-bond acceptors (Lipinski definition) is 4. The molecule has 0 aliphatic heterocycles. The van der Waals surface area contributed by atoms with Gasteiger partial charge in [-0.2, -0.15) is 0 Å². The van der Waals surface area contributed by atoms with E-state index in [1.807, 2.05) is 25.1 Å². The molecule has 3 N–H and O–H groups in total. The van der Waals surface area contributed by atoms with E-state index in [0.717, 1.165) is 24.2 Å². The summed E-state index contributed by atoms with van der Waals surface area (Å²) < 4.78 is 11.0. The molecule has 0 saturated heterocycles. The normalized spacial score (nSPS) is 11.8. The molecule has 0 fully saturated rings. The summed E-state index contributed by atoms with van der Waals surface area (Å²) in [6, 6.07) is 5.55. The molecular formula is C15H24N2O3. The van der Waals surface area contributed by atoms with Crippen molar-refractivity contribution < 1.29 is 14.3 Å². The molecule has 0 bridgehead atoms. The molecule has 1 amide bonds. The molecule has 0 radical (unpaired) electrons. The maximum Gasteiger partial charge on any atom is 0.234 e. The zero-order chi connectivity index (χ0) is 15.0. The first kappa shape index (κ1) is 16.3. The number of carbonyl (C=O) groups is 1. The number of nitrogens with two attached hydrogens (primary N) is 1. The number of nitrogens with one attached hydrogen (secondary N) is 1. The second-order valence-electron chi connectivity index (χ2n) is 4.61. The molecule has 0 aliphatic rings. The van der Waals surface area contributed by atoms with Gasteiger partial charge in [0.2, 0.25) is 5.91 Å². The number of benzene rings is 1. The van der Waals surface area contributed by atoms with E-state index in [0.29, 0.717) is 12.4 Å². The fraction of sp³-hybridized carbons (Fsp3) is 0.533. The van der Waals surface area contributed by atoms with E-state index in [9.17, 15) is 4.79 Å². The van der Waals surface area contributed by atoms with Crippen LogP contribution in [0.3, 0.4) is 0 Å². The van der Waals surface area contributed by atoms with Gasteiger partial charge in [-0.15, -0.1) is 0 Å². The van der Waals surface area contributed by atoms with Crippen molar-refractivity contribution in [1.29, 1.82) is 0 Å². The van der Waals surface area contributed by atoms with Crippen LogP contribution in [-0.4, -0.2) is 26.2 Å². The maximum absolute atomic E-state index is 11.3. The van der Waals surface area contributed by atoms with Crippen molar-refractivity contribution in [3.63, 3.8) is 0 Å². The van der Waals surface area contributed by atoms with E-state index in [1.165, 1.54) is 0 Å². The lowest BCUT2D eigenvalue weighted by molar-refractivity contribution is -0.120. The van der Waals surface area contributed by atoms with Crippen molar-refractivity contribution in [3.8, 4) is 11.5 Å². The Hall–Kier alpha value is -1.75. The topological polar surface area (TPSA) is 73.6 Å². The summed E-state index contributed by atoms with van der Waals surface area (Å²) in [5.74, 6) is 1.22. The van der Waals surface area contributed by atoms with Gasteiger partial charge in [0.05, 0.1) is 26.3 Å². The number of methoxy groups -OCH3 is 1. The van der Waals surface area contributed by atoms with Crippen molar-refractivity contribution >= 4 is 5.91 Å². The smallest absolute Gasteiger partial charge is 0.234 e. The summed E-state index contributed by atoms with van der Waals surface area (Å²) >= 11 is 0. The van der Waals surface area contributed by atoms with Gasteiger partial charge in [0.15, 0.2) is 11.5 Å². The van der Waals surface area contributed by atoms with Gasteiger partial charge in [0.25, 0.3) is 0 Å². The quantitative estimate of drug-likeness (QED) is 0.714. The van der Waals surface area contributed by atoms with Crippen LogP contribution in [0.25, 0.3) is 0 Å². The molecule has 1 aromatic rings. The molecule has 0 heterocycles. The Kier molecular flexibility index (Phi) is 6.87. The number of hydrogen-bond donors (Lipinski definition) is 2. The van der Waals surface area contributed by atoms with Crippen LogP contribution >= 0.6 is 0 Å². The third-order valence-corrected chi connectivity index (χ3v) is 3.01. The monoisotopic (exact) mass is 280 g/mol. The molecule has 5 heteroatoms. The lowest BCUT2D eigenvalue weighted by atomic mass is 10.1. The minimum Gasteiger partial charge on any atom is -0.493 e. The summed E-state index contributed by atoms with van der Waals surface area (Å²) in [6.07, 6.45) is 2.09. The van der Waals surface area contributed by atoms with E-state index in [1.54, 1.807) is 7.11 Å². The summed E-state index contributed by atoms with van der Waals surface area (Å²) in [5.41, 5.74) is 6.24. The molecule has 1 rings (SSSR count). The first-order valence-electron chi connectivity index (χ1n) is 6.92. The molecule has 0 aliphatic carbocycles. The molecule has 112 valence electrons. The van der Waals surface area contributed by atoms with E-state index in [2.05, 4.69) is 12.2 Å². The van der Waals surface area contributed by atoms with Gasteiger partial charge >= 0.3 is 0 Å². The van der Waals surface area contributed by atoms with Gasteiger partial charge in [0.1, 0.15) is 0 Å². The molecule has 0 aromatic heterocycles. The van der Waals surface area contributed by atoms with E-state index < -0.39 is 0 Å². The largest absolute Gasteiger partial charge is 0.493 e. The van der Waals surface area contributed by atoms with Crippen LogP contribution in [0.4, 0.5) is 0 Å². The van der Waals surface area contributed by atoms with Gasteiger partial charge in [-0.25, -0.2) is 0 Å². The Morgan fingerprint density at radius 3 is 2.75 bits per heavy atom. The Balaban J connectivity index is 2.77. The standard InChI is InChI=1S/C15H24N2O3/c1-4-5-8-20-13-7-6-12(9-14(13)19-3)11(2)17-15(18)10-16/h6-7,9,11H,4-5,8,10,16H2,1-3H3,(H,17,18). The zero-order valence-corrected chi connectivity index (χ0v) is 12.4. The maximum atomic E-state index is 11.3. The number of unbranched alkanes of at least 4 members (excludes halogenated alkanes) is 1. The van der Waals surface area contributed by atoms with Crippen molar-refractivity contribution in [1.82, 2.24) is 5.32 Å². The Morgan fingerprint density at radius 1 is 1.40 bits per heavy atom. The summed E-state index contributed by atoms with van der Waals surface area (Å²) in [4.78, 5) is 11.3. The number of rotatable bonds is 8. The van der Waals surface area contributed by atoms with Gasteiger partial charge in [-0.1, -0.05) is 19.4 Å². The third kappa shape index (κ3) is 4.74.